The number of carbonyl (C=O) groups excluding carboxylic acids is 3. The smallest absolute Gasteiger partial charge is 0.331 e. The summed E-state index contributed by atoms with van der Waals surface area (Å²) in [5.74, 6) is -0.0325. The number of amides is 4. The fourth-order valence-corrected chi connectivity index (χ4v) is 4.44. The van der Waals surface area contributed by atoms with Crippen LogP contribution in [0.5, 0.6) is 17.2 Å². The van der Waals surface area contributed by atoms with Gasteiger partial charge in [0.1, 0.15) is 17.9 Å². The maximum atomic E-state index is 13.2. The lowest BCUT2D eigenvalue weighted by Gasteiger charge is -2.26. The van der Waals surface area contributed by atoms with E-state index in [0.717, 1.165) is 16.9 Å². The summed E-state index contributed by atoms with van der Waals surface area (Å²) in [4.78, 5) is 49.7. The highest BCUT2D eigenvalue weighted by atomic mass is 79.9. The van der Waals surface area contributed by atoms with Gasteiger partial charge in [-0.15, -0.1) is 0 Å². The first-order valence-electron chi connectivity index (χ1n) is 12.5. The number of halogens is 1. The number of ether oxygens (including phenoxy) is 3. The number of imide groups is 2. The molecule has 0 bridgehead atoms. The third-order valence-electron chi connectivity index (χ3n) is 6.02. The zero-order chi connectivity index (χ0) is 29.5. The standard InChI is InChI=1S/C29H26BrN3O8/c1-3-12-40-25-11-7-20(15-26(25)39-2)16-32-28(35)22(27(34)31-29(32)36)13-19-6-10-24(23(30)14-19)41-17-18-4-8-21(9-5-18)33(37)38/h4-11,13-15H,3,12,16-17H2,1-2H3,(H,31,34,36)/b22-13+. The number of carbonyl (C=O) groups is 3. The highest BCUT2D eigenvalue weighted by Crippen LogP contribution is 2.30. The van der Waals surface area contributed by atoms with E-state index in [1.165, 1.54) is 25.3 Å². The fourth-order valence-electron chi connectivity index (χ4n) is 3.93. The van der Waals surface area contributed by atoms with Crippen LogP contribution in [0.4, 0.5) is 10.5 Å². The van der Waals surface area contributed by atoms with Gasteiger partial charge >= 0.3 is 6.03 Å². The van der Waals surface area contributed by atoms with Crippen LogP contribution in [0, 0.1) is 10.1 Å². The van der Waals surface area contributed by atoms with Gasteiger partial charge in [0.15, 0.2) is 11.5 Å². The highest BCUT2D eigenvalue weighted by Gasteiger charge is 2.35. The third-order valence-corrected chi connectivity index (χ3v) is 6.64. The van der Waals surface area contributed by atoms with Crippen molar-refractivity contribution in [3.05, 3.63) is 97.5 Å². The molecular formula is C29H26BrN3O8. The molecule has 1 heterocycles. The lowest BCUT2D eigenvalue weighted by molar-refractivity contribution is -0.384. The topological polar surface area (TPSA) is 137 Å². The Bertz CT molecular complexity index is 1520. The molecule has 0 atom stereocenters. The van der Waals surface area contributed by atoms with E-state index in [0.29, 0.717) is 39.5 Å². The van der Waals surface area contributed by atoms with E-state index in [2.05, 4.69) is 21.2 Å². The van der Waals surface area contributed by atoms with Crippen LogP contribution < -0.4 is 19.5 Å². The van der Waals surface area contributed by atoms with E-state index in [4.69, 9.17) is 14.2 Å². The second kappa shape index (κ2) is 13.1. The first kappa shape index (κ1) is 29.3. The minimum absolute atomic E-state index is 0.0106. The molecule has 0 unspecified atom stereocenters. The summed E-state index contributed by atoms with van der Waals surface area (Å²) in [6.45, 7) is 2.59. The molecule has 4 amide bonds. The Hall–Kier alpha value is -4.71. The van der Waals surface area contributed by atoms with E-state index < -0.39 is 22.8 Å². The van der Waals surface area contributed by atoms with Crippen LogP contribution in [-0.2, 0) is 22.7 Å². The van der Waals surface area contributed by atoms with Gasteiger partial charge in [0.25, 0.3) is 17.5 Å². The second-order valence-corrected chi connectivity index (χ2v) is 9.80. The van der Waals surface area contributed by atoms with Crippen molar-refractivity contribution < 1.29 is 33.5 Å². The average molecular weight is 624 g/mol. The number of nitrogens with zero attached hydrogens (tertiary/aromatic N) is 2. The zero-order valence-corrected chi connectivity index (χ0v) is 23.8. The Morgan fingerprint density at radius 1 is 0.951 bits per heavy atom. The molecule has 12 heteroatoms. The van der Waals surface area contributed by atoms with Crippen LogP contribution in [0.15, 0.2) is 70.7 Å². The number of nitro benzene ring substituents is 1. The van der Waals surface area contributed by atoms with Crippen molar-refractivity contribution in [1.29, 1.82) is 0 Å². The first-order valence-corrected chi connectivity index (χ1v) is 13.3. The number of barbiturate groups is 1. The minimum Gasteiger partial charge on any atom is -0.493 e. The van der Waals surface area contributed by atoms with Crippen LogP contribution in [0.1, 0.15) is 30.0 Å². The van der Waals surface area contributed by atoms with Gasteiger partial charge in [0.2, 0.25) is 0 Å². The molecule has 41 heavy (non-hydrogen) atoms. The molecular weight excluding hydrogens is 598 g/mol. The van der Waals surface area contributed by atoms with Gasteiger partial charge in [-0.3, -0.25) is 29.9 Å². The number of hydrogen-bond acceptors (Lipinski definition) is 8. The normalized spacial score (nSPS) is 14.2. The molecule has 0 saturated carbocycles. The SMILES string of the molecule is CCCOc1ccc(CN2C(=O)NC(=O)/C(=C\c3ccc(OCc4ccc([N+](=O)[O-])cc4)c(Br)c3)C2=O)cc1OC. The summed E-state index contributed by atoms with van der Waals surface area (Å²) in [5.41, 5.74) is 1.66. The fraction of sp³-hybridized carbons (Fsp3) is 0.207. The van der Waals surface area contributed by atoms with Crippen LogP contribution >= 0.6 is 15.9 Å². The molecule has 0 spiro atoms. The summed E-state index contributed by atoms with van der Waals surface area (Å²) in [6, 6.07) is 15.3. The Kier molecular flexibility index (Phi) is 9.35. The van der Waals surface area contributed by atoms with Crippen LogP contribution in [0.25, 0.3) is 6.08 Å². The summed E-state index contributed by atoms with van der Waals surface area (Å²) < 4.78 is 17.4. The van der Waals surface area contributed by atoms with Crippen molar-refractivity contribution in [1.82, 2.24) is 10.2 Å². The number of urea groups is 1. The van der Waals surface area contributed by atoms with Gasteiger partial charge < -0.3 is 14.2 Å². The van der Waals surface area contributed by atoms with E-state index in [1.54, 1.807) is 48.5 Å². The summed E-state index contributed by atoms with van der Waals surface area (Å²) in [5, 5.41) is 13.0. The Morgan fingerprint density at radius 3 is 2.32 bits per heavy atom. The van der Waals surface area contributed by atoms with E-state index in [9.17, 15) is 24.5 Å². The molecule has 3 aromatic rings. The van der Waals surface area contributed by atoms with Gasteiger partial charge in [-0.05, 0) is 81.5 Å². The van der Waals surface area contributed by atoms with E-state index in [1.807, 2.05) is 6.92 Å². The number of nitro groups is 1. The van der Waals surface area contributed by atoms with Gasteiger partial charge in [0.05, 0.1) is 29.7 Å². The number of hydrogen-bond donors (Lipinski definition) is 1. The lowest BCUT2D eigenvalue weighted by Crippen LogP contribution is -2.53. The molecule has 3 aromatic carbocycles. The Balaban J connectivity index is 1.48. The maximum Gasteiger partial charge on any atom is 0.331 e. The largest absolute Gasteiger partial charge is 0.493 e. The molecule has 212 valence electrons. The molecule has 4 rings (SSSR count). The molecule has 1 aliphatic heterocycles. The molecule has 0 aromatic heterocycles. The third kappa shape index (κ3) is 7.09. The predicted molar refractivity (Wildman–Crippen MR) is 152 cm³/mol. The van der Waals surface area contributed by atoms with Crippen molar-refractivity contribution in [2.75, 3.05) is 13.7 Å². The Labute approximate surface area is 244 Å². The van der Waals surface area contributed by atoms with Gasteiger partial charge in [-0.2, -0.15) is 0 Å². The summed E-state index contributed by atoms with van der Waals surface area (Å²) >= 11 is 3.43. The molecule has 0 aliphatic carbocycles. The molecule has 1 N–H and O–H groups in total. The van der Waals surface area contributed by atoms with Crippen molar-refractivity contribution in [3.63, 3.8) is 0 Å². The average Bonchev–Trinajstić information content (AvgIpc) is 2.96. The number of methoxy groups -OCH3 is 1. The number of benzene rings is 3. The van der Waals surface area contributed by atoms with Gasteiger partial charge in [0, 0.05) is 12.1 Å². The van der Waals surface area contributed by atoms with E-state index in [-0.39, 0.29) is 24.4 Å². The second-order valence-electron chi connectivity index (χ2n) is 8.94. The van der Waals surface area contributed by atoms with Crippen molar-refractivity contribution in [3.8, 4) is 17.2 Å². The summed E-state index contributed by atoms with van der Waals surface area (Å²) in [6.07, 6.45) is 2.22. The van der Waals surface area contributed by atoms with Crippen molar-refractivity contribution in [2.24, 2.45) is 0 Å². The molecule has 1 fully saturated rings. The molecule has 11 nitrogen and oxygen atoms in total. The van der Waals surface area contributed by atoms with Crippen molar-refractivity contribution >= 4 is 45.5 Å². The molecule has 0 radical (unpaired) electrons. The first-order chi connectivity index (χ1) is 19.7. The monoisotopic (exact) mass is 623 g/mol. The van der Waals surface area contributed by atoms with Crippen LogP contribution in [-0.4, -0.2) is 41.4 Å². The zero-order valence-electron chi connectivity index (χ0n) is 22.2. The van der Waals surface area contributed by atoms with Gasteiger partial charge in [-0.25, -0.2) is 4.79 Å². The number of rotatable bonds is 11. The predicted octanol–water partition coefficient (Wildman–Crippen LogP) is 5.40. The minimum atomic E-state index is -0.821. The van der Waals surface area contributed by atoms with Gasteiger partial charge in [-0.1, -0.05) is 19.1 Å². The Morgan fingerprint density at radius 2 is 1.66 bits per heavy atom. The lowest BCUT2D eigenvalue weighted by atomic mass is 10.1. The van der Waals surface area contributed by atoms with Crippen LogP contribution in [0.2, 0.25) is 0 Å². The van der Waals surface area contributed by atoms with Crippen LogP contribution in [0.3, 0.4) is 0 Å². The molecule has 1 aliphatic rings. The number of non-ortho nitro benzene ring substituents is 1. The number of nitrogens with one attached hydrogen (secondary N) is 1. The summed E-state index contributed by atoms with van der Waals surface area (Å²) in [7, 11) is 1.50. The maximum absolute atomic E-state index is 13.2. The van der Waals surface area contributed by atoms with Crippen molar-refractivity contribution in [2.45, 2.75) is 26.5 Å². The molecule has 1 saturated heterocycles. The quantitative estimate of drug-likeness (QED) is 0.130. The highest BCUT2D eigenvalue weighted by molar-refractivity contribution is 9.10. The van der Waals surface area contributed by atoms with E-state index >= 15 is 0 Å².